The fourth-order valence-corrected chi connectivity index (χ4v) is 1.10. The lowest BCUT2D eigenvalue weighted by Crippen LogP contribution is -2.25. The van der Waals surface area contributed by atoms with Gasteiger partial charge < -0.3 is 4.74 Å². The van der Waals surface area contributed by atoms with Crippen LogP contribution in [0.4, 0.5) is 8.78 Å². The number of esters is 2. The van der Waals surface area contributed by atoms with E-state index in [-0.39, 0.29) is 5.56 Å². The van der Waals surface area contributed by atoms with E-state index in [0.717, 1.165) is 24.3 Å². The van der Waals surface area contributed by atoms with Crippen molar-refractivity contribution in [3.63, 3.8) is 0 Å². The SMILES string of the molecule is CC(C)(C)C(=O)OC(=O)/C=C/c1c(F)cccc1F. The van der Waals surface area contributed by atoms with Crippen LogP contribution in [-0.4, -0.2) is 11.9 Å². The zero-order valence-corrected chi connectivity index (χ0v) is 10.9. The molecular weight excluding hydrogens is 254 g/mol. The summed E-state index contributed by atoms with van der Waals surface area (Å²) in [7, 11) is 0. The Morgan fingerprint density at radius 2 is 1.68 bits per heavy atom. The molecule has 0 aliphatic rings. The highest BCUT2D eigenvalue weighted by atomic mass is 19.1. The first-order valence-corrected chi connectivity index (χ1v) is 5.60. The van der Waals surface area contributed by atoms with Gasteiger partial charge in [-0.25, -0.2) is 13.6 Å². The normalized spacial score (nSPS) is 11.6. The predicted molar refractivity (Wildman–Crippen MR) is 65.9 cm³/mol. The van der Waals surface area contributed by atoms with Crippen LogP contribution in [0.1, 0.15) is 26.3 Å². The van der Waals surface area contributed by atoms with Crippen molar-refractivity contribution in [3.05, 3.63) is 41.5 Å². The van der Waals surface area contributed by atoms with Gasteiger partial charge in [0.05, 0.1) is 5.41 Å². The van der Waals surface area contributed by atoms with E-state index in [2.05, 4.69) is 4.74 Å². The van der Waals surface area contributed by atoms with Crippen LogP contribution >= 0.6 is 0 Å². The Morgan fingerprint density at radius 3 is 2.16 bits per heavy atom. The summed E-state index contributed by atoms with van der Waals surface area (Å²) in [5, 5.41) is 0. The summed E-state index contributed by atoms with van der Waals surface area (Å²) in [5.41, 5.74) is -1.19. The first-order chi connectivity index (χ1) is 8.71. The zero-order chi connectivity index (χ0) is 14.6. The highest BCUT2D eigenvalue weighted by molar-refractivity contribution is 5.96. The number of benzene rings is 1. The molecule has 102 valence electrons. The molecule has 0 N–H and O–H groups in total. The van der Waals surface area contributed by atoms with E-state index in [9.17, 15) is 18.4 Å². The fraction of sp³-hybridized carbons (Fsp3) is 0.286. The zero-order valence-electron chi connectivity index (χ0n) is 10.9. The third-order valence-corrected chi connectivity index (χ3v) is 2.19. The van der Waals surface area contributed by atoms with Gasteiger partial charge in [0.1, 0.15) is 11.6 Å². The van der Waals surface area contributed by atoms with E-state index >= 15 is 0 Å². The molecule has 0 spiro atoms. The van der Waals surface area contributed by atoms with Crippen LogP contribution in [0.5, 0.6) is 0 Å². The van der Waals surface area contributed by atoms with E-state index in [1.165, 1.54) is 6.07 Å². The molecule has 0 atom stereocenters. The average molecular weight is 268 g/mol. The first-order valence-electron chi connectivity index (χ1n) is 5.60. The molecule has 1 aromatic rings. The molecule has 0 unspecified atom stereocenters. The Labute approximate surface area is 109 Å². The van der Waals surface area contributed by atoms with Crippen LogP contribution in [-0.2, 0) is 14.3 Å². The molecule has 0 aromatic heterocycles. The van der Waals surface area contributed by atoms with Crippen LogP contribution in [0.25, 0.3) is 6.08 Å². The number of carbonyl (C=O) groups is 2. The summed E-state index contributed by atoms with van der Waals surface area (Å²) < 4.78 is 31.0. The molecule has 0 bridgehead atoms. The molecule has 0 fully saturated rings. The van der Waals surface area contributed by atoms with Gasteiger partial charge in [0.25, 0.3) is 0 Å². The second kappa shape index (κ2) is 5.73. The van der Waals surface area contributed by atoms with E-state index < -0.39 is 29.0 Å². The van der Waals surface area contributed by atoms with Crippen molar-refractivity contribution in [1.82, 2.24) is 0 Å². The standard InChI is InChI=1S/C14H14F2O3/c1-14(2,3)13(18)19-12(17)8-7-9-10(15)5-4-6-11(9)16/h4-8H,1-3H3/b8-7+. The van der Waals surface area contributed by atoms with Gasteiger partial charge in [-0.05, 0) is 39.0 Å². The van der Waals surface area contributed by atoms with Gasteiger partial charge in [-0.2, -0.15) is 0 Å². The topological polar surface area (TPSA) is 43.4 Å². The molecule has 1 rings (SSSR count). The van der Waals surface area contributed by atoms with Crippen molar-refractivity contribution >= 4 is 18.0 Å². The maximum atomic E-state index is 13.2. The van der Waals surface area contributed by atoms with E-state index in [0.29, 0.717) is 0 Å². The smallest absolute Gasteiger partial charge is 0.338 e. The second-order valence-corrected chi connectivity index (χ2v) is 4.93. The monoisotopic (exact) mass is 268 g/mol. The van der Waals surface area contributed by atoms with Gasteiger partial charge in [-0.1, -0.05) is 6.07 Å². The minimum absolute atomic E-state index is 0.359. The molecule has 0 amide bonds. The third-order valence-electron chi connectivity index (χ3n) is 2.19. The molecule has 0 aliphatic carbocycles. The molecule has 0 radical (unpaired) electrons. The summed E-state index contributed by atoms with van der Waals surface area (Å²) in [4.78, 5) is 22.7. The summed E-state index contributed by atoms with van der Waals surface area (Å²) in [6, 6.07) is 3.34. The van der Waals surface area contributed by atoms with E-state index in [1.54, 1.807) is 20.8 Å². The number of hydrogen-bond donors (Lipinski definition) is 0. The minimum atomic E-state index is -0.970. The lowest BCUT2D eigenvalue weighted by Gasteiger charge is -2.14. The lowest BCUT2D eigenvalue weighted by atomic mass is 9.97. The first kappa shape index (κ1) is 15.0. The molecule has 3 nitrogen and oxygen atoms in total. The van der Waals surface area contributed by atoms with Gasteiger partial charge in [0.15, 0.2) is 0 Å². The van der Waals surface area contributed by atoms with Crippen molar-refractivity contribution in [2.45, 2.75) is 20.8 Å². The number of carbonyl (C=O) groups excluding carboxylic acids is 2. The van der Waals surface area contributed by atoms with Gasteiger partial charge in [-0.3, -0.25) is 4.79 Å². The van der Waals surface area contributed by atoms with Crippen LogP contribution in [0, 0.1) is 17.0 Å². The van der Waals surface area contributed by atoms with Crippen LogP contribution in [0.2, 0.25) is 0 Å². The summed E-state index contributed by atoms with van der Waals surface area (Å²) >= 11 is 0. The molecule has 0 saturated heterocycles. The second-order valence-electron chi connectivity index (χ2n) is 4.93. The third kappa shape index (κ3) is 4.28. The van der Waals surface area contributed by atoms with Gasteiger partial charge in [0.2, 0.25) is 0 Å². The Balaban J connectivity index is 2.78. The van der Waals surface area contributed by atoms with Crippen LogP contribution in [0.15, 0.2) is 24.3 Å². The Kier molecular flexibility index (Phi) is 4.53. The average Bonchev–Trinajstić information content (AvgIpc) is 2.27. The Hall–Kier alpha value is -2.04. The Morgan fingerprint density at radius 1 is 1.16 bits per heavy atom. The molecule has 0 heterocycles. The molecule has 5 heteroatoms. The number of hydrogen-bond acceptors (Lipinski definition) is 3. The van der Waals surface area contributed by atoms with Crippen molar-refractivity contribution in [3.8, 4) is 0 Å². The van der Waals surface area contributed by atoms with E-state index in [4.69, 9.17) is 0 Å². The van der Waals surface area contributed by atoms with Crippen molar-refractivity contribution < 1.29 is 23.1 Å². The number of ether oxygens (including phenoxy) is 1. The maximum absolute atomic E-state index is 13.2. The van der Waals surface area contributed by atoms with Crippen molar-refractivity contribution in [2.24, 2.45) is 5.41 Å². The summed E-state index contributed by atoms with van der Waals surface area (Å²) in [5.74, 6) is -3.28. The van der Waals surface area contributed by atoms with Gasteiger partial charge >= 0.3 is 11.9 Å². The highest BCUT2D eigenvalue weighted by Crippen LogP contribution is 2.16. The maximum Gasteiger partial charge on any atom is 0.338 e. The fourth-order valence-electron chi connectivity index (χ4n) is 1.10. The minimum Gasteiger partial charge on any atom is -0.389 e. The van der Waals surface area contributed by atoms with Gasteiger partial charge in [-0.15, -0.1) is 0 Å². The molecule has 0 aliphatic heterocycles. The molecular formula is C14H14F2O3. The lowest BCUT2D eigenvalue weighted by molar-refractivity contribution is -0.162. The predicted octanol–water partition coefficient (Wildman–Crippen LogP) is 3.09. The largest absolute Gasteiger partial charge is 0.389 e. The van der Waals surface area contributed by atoms with Crippen molar-refractivity contribution in [2.75, 3.05) is 0 Å². The number of halogens is 2. The molecule has 1 aromatic carbocycles. The van der Waals surface area contributed by atoms with Crippen molar-refractivity contribution in [1.29, 1.82) is 0 Å². The number of rotatable bonds is 2. The van der Waals surface area contributed by atoms with Crippen LogP contribution in [0.3, 0.4) is 0 Å². The summed E-state index contributed by atoms with van der Waals surface area (Å²) in [6.45, 7) is 4.76. The van der Waals surface area contributed by atoms with Gasteiger partial charge in [0, 0.05) is 11.6 Å². The highest BCUT2D eigenvalue weighted by Gasteiger charge is 2.24. The summed E-state index contributed by atoms with van der Waals surface area (Å²) in [6.07, 6.45) is 1.74. The molecule has 19 heavy (non-hydrogen) atoms. The van der Waals surface area contributed by atoms with E-state index in [1.807, 2.05) is 0 Å². The van der Waals surface area contributed by atoms with Crippen LogP contribution < -0.4 is 0 Å². The Bertz CT molecular complexity index is 508. The quantitative estimate of drug-likeness (QED) is 0.470. The molecule has 0 saturated carbocycles.